The first-order chi connectivity index (χ1) is 7.47. The molecule has 0 aromatic heterocycles. The predicted molar refractivity (Wildman–Crippen MR) is 69.4 cm³/mol. The molecule has 1 saturated carbocycles. The molecule has 1 nitrogen and oxygen atoms in total. The van der Waals surface area contributed by atoms with Crippen molar-refractivity contribution in [2.75, 3.05) is 0 Å². The van der Waals surface area contributed by atoms with Crippen LogP contribution in [-0.4, -0.2) is 5.78 Å². The molecule has 0 heterocycles. The van der Waals surface area contributed by atoms with E-state index in [0.29, 0.717) is 11.2 Å². The van der Waals surface area contributed by atoms with Gasteiger partial charge >= 0.3 is 0 Å². The number of carbonyl (C=O) groups excluding carboxylic acids is 1. The Morgan fingerprint density at radius 1 is 1.31 bits per heavy atom. The van der Waals surface area contributed by atoms with Crippen LogP contribution in [0.2, 0.25) is 0 Å². The summed E-state index contributed by atoms with van der Waals surface area (Å²) in [7, 11) is 0. The van der Waals surface area contributed by atoms with E-state index in [1.165, 1.54) is 19.3 Å². The van der Waals surface area contributed by atoms with E-state index >= 15 is 0 Å². The smallest absolute Gasteiger partial charge is 0.132 e. The normalized spacial score (nSPS) is 29.0. The van der Waals surface area contributed by atoms with Gasteiger partial charge in [0.25, 0.3) is 0 Å². The lowest BCUT2D eigenvalue weighted by atomic mass is 9.62. The zero-order chi connectivity index (χ0) is 12.2. The van der Waals surface area contributed by atoms with Crippen molar-refractivity contribution in [2.45, 2.75) is 72.6 Å². The highest BCUT2D eigenvalue weighted by molar-refractivity contribution is 5.78. The van der Waals surface area contributed by atoms with Crippen molar-refractivity contribution in [2.24, 2.45) is 17.3 Å². The van der Waals surface area contributed by atoms with E-state index in [1.54, 1.807) is 0 Å². The lowest BCUT2D eigenvalue weighted by Gasteiger charge is -2.43. The van der Waals surface area contributed by atoms with E-state index < -0.39 is 0 Å². The highest BCUT2D eigenvalue weighted by Crippen LogP contribution is 2.46. The molecule has 0 unspecified atom stereocenters. The van der Waals surface area contributed by atoms with Crippen LogP contribution < -0.4 is 0 Å². The molecule has 1 heteroatoms. The van der Waals surface area contributed by atoms with Gasteiger partial charge in [-0.2, -0.15) is 0 Å². The minimum atomic E-state index is 0.449. The van der Waals surface area contributed by atoms with Gasteiger partial charge in [0.15, 0.2) is 0 Å². The Morgan fingerprint density at radius 2 is 2.00 bits per heavy atom. The Hall–Kier alpha value is -0.330. The standard InChI is InChI=1S/C15H28O/c1-5-7-13(16)9-10-14-12(2)8-6-11-15(14,3)4/h12,14H,5-11H2,1-4H3/t12-,14+/m0/s1. The van der Waals surface area contributed by atoms with Crippen LogP contribution in [0.5, 0.6) is 0 Å². The maximum absolute atomic E-state index is 11.6. The van der Waals surface area contributed by atoms with Gasteiger partial charge in [0.1, 0.15) is 5.78 Å². The fraction of sp³-hybridized carbons (Fsp3) is 0.933. The van der Waals surface area contributed by atoms with Crippen molar-refractivity contribution >= 4 is 5.78 Å². The number of hydrogen-bond acceptors (Lipinski definition) is 1. The quantitative estimate of drug-likeness (QED) is 0.667. The summed E-state index contributed by atoms with van der Waals surface area (Å²) >= 11 is 0. The first kappa shape index (κ1) is 13.7. The molecule has 0 amide bonds. The molecule has 0 N–H and O–H groups in total. The van der Waals surface area contributed by atoms with Crippen LogP contribution in [0.15, 0.2) is 0 Å². The van der Waals surface area contributed by atoms with E-state index in [0.717, 1.165) is 37.5 Å². The third-order valence-electron chi connectivity index (χ3n) is 4.43. The maximum Gasteiger partial charge on any atom is 0.132 e. The number of Topliss-reactive ketones (excluding diaryl/α,β-unsaturated/α-hetero) is 1. The Labute approximate surface area is 101 Å². The minimum Gasteiger partial charge on any atom is -0.300 e. The van der Waals surface area contributed by atoms with E-state index in [2.05, 4.69) is 27.7 Å². The summed E-state index contributed by atoms with van der Waals surface area (Å²) in [5.41, 5.74) is 0.449. The van der Waals surface area contributed by atoms with E-state index in [9.17, 15) is 4.79 Å². The fourth-order valence-corrected chi connectivity index (χ4v) is 3.43. The highest BCUT2D eigenvalue weighted by Gasteiger charge is 2.36. The second kappa shape index (κ2) is 5.84. The number of ketones is 1. The maximum atomic E-state index is 11.6. The van der Waals surface area contributed by atoms with Gasteiger partial charge in [0, 0.05) is 12.8 Å². The van der Waals surface area contributed by atoms with Crippen LogP contribution >= 0.6 is 0 Å². The zero-order valence-electron chi connectivity index (χ0n) is 11.5. The van der Waals surface area contributed by atoms with Gasteiger partial charge in [-0.15, -0.1) is 0 Å². The molecule has 1 rings (SSSR count). The SMILES string of the molecule is CCCC(=O)CC[C@@H]1[C@@H](C)CCCC1(C)C. The zero-order valence-corrected chi connectivity index (χ0v) is 11.5. The van der Waals surface area contributed by atoms with Gasteiger partial charge < -0.3 is 0 Å². The summed E-state index contributed by atoms with van der Waals surface area (Å²) in [6.07, 6.45) is 7.77. The van der Waals surface area contributed by atoms with Crippen molar-refractivity contribution < 1.29 is 4.79 Å². The van der Waals surface area contributed by atoms with Gasteiger partial charge in [-0.05, 0) is 36.5 Å². The van der Waals surface area contributed by atoms with Crippen molar-refractivity contribution in [3.05, 3.63) is 0 Å². The van der Waals surface area contributed by atoms with E-state index in [-0.39, 0.29) is 0 Å². The van der Waals surface area contributed by atoms with Crippen LogP contribution in [0.1, 0.15) is 72.6 Å². The van der Waals surface area contributed by atoms with E-state index in [1.807, 2.05) is 0 Å². The Morgan fingerprint density at radius 3 is 2.56 bits per heavy atom. The average Bonchev–Trinajstić information content (AvgIpc) is 2.16. The molecular weight excluding hydrogens is 196 g/mol. The molecule has 0 radical (unpaired) electrons. The predicted octanol–water partition coefficient (Wildman–Crippen LogP) is 4.60. The molecule has 0 aliphatic heterocycles. The third-order valence-corrected chi connectivity index (χ3v) is 4.43. The topological polar surface area (TPSA) is 17.1 Å². The summed E-state index contributed by atoms with van der Waals surface area (Å²) in [5, 5.41) is 0. The van der Waals surface area contributed by atoms with Crippen molar-refractivity contribution in [3.8, 4) is 0 Å². The molecule has 1 aliphatic carbocycles. The average molecular weight is 224 g/mol. The molecule has 0 spiro atoms. The lowest BCUT2D eigenvalue weighted by Crippen LogP contribution is -2.34. The Bertz CT molecular complexity index is 230. The number of hydrogen-bond donors (Lipinski definition) is 0. The molecule has 1 aliphatic rings. The van der Waals surface area contributed by atoms with Crippen LogP contribution in [0, 0.1) is 17.3 Å². The number of carbonyl (C=O) groups is 1. The number of rotatable bonds is 5. The van der Waals surface area contributed by atoms with Gasteiger partial charge in [-0.1, -0.05) is 40.5 Å². The van der Waals surface area contributed by atoms with Gasteiger partial charge in [-0.25, -0.2) is 0 Å². The van der Waals surface area contributed by atoms with Crippen molar-refractivity contribution in [1.82, 2.24) is 0 Å². The molecular formula is C15H28O. The molecule has 94 valence electrons. The van der Waals surface area contributed by atoms with Crippen LogP contribution in [-0.2, 0) is 4.79 Å². The summed E-state index contributed by atoms with van der Waals surface area (Å²) in [5.74, 6) is 2.02. The summed E-state index contributed by atoms with van der Waals surface area (Å²) in [6, 6.07) is 0. The second-order valence-electron chi connectivity index (χ2n) is 6.29. The van der Waals surface area contributed by atoms with Crippen molar-refractivity contribution in [3.63, 3.8) is 0 Å². The Balaban J connectivity index is 2.46. The second-order valence-corrected chi connectivity index (χ2v) is 6.29. The van der Waals surface area contributed by atoms with E-state index in [4.69, 9.17) is 0 Å². The molecule has 0 bridgehead atoms. The van der Waals surface area contributed by atoms with Crippen LogP contribution in [0.3, 0.4) is 0 Å². The monoisotopic (exact) mass is 224 g/mol. The van der Waals surface area contributed by atoms with Crippen LogP contribution in [0.25, 0.3) is 0 Å². The first-order valence-corrected chi connectivity index (χ1v) is 6.99. The minimum absolute atomic E-state index is 0.449. The Kier molecular flexibility index (Phi) is 5.01. The molecule has 16 heavy (non-hydrogen) atoms. The molecule has 0 aromatic carbocycles. The van der Waals surface area contributed by atoms with Crippen molar-refractivity contribution in [1.29, 1.82) is 0 Å². The summed E-state index contributed by atoms with van der Waals surface area (Å²) < 4.78 is 0. The third kappa shape index (κ3) is 3.61. The summed E-state index contributed by atoms with van der Waals surface area (Å²) in [6.45, 7) is 9.23. The van der Waals surface area contributed by atoms with Crippen LogP contribution in [0.4, 0.5) is 0 Å². The molecule has 2 atom stereocenters. The highest BCUT2D eigenvalue weighted by atomic mass is 16.1. The molecule has 0 aromatic rings. The fourth-order valence-electron chi connectivity index (χ4n) is 3.43. The van der Waals surface area contributed by atoms with Gasteiger partial charge in [-0.3, -0.25) is 4.79 Å². The molecule has 1 fully saturated rings. The molecule has 0 saturated heterocycles. The first-order valence-electron chi connectivity index (χ1n) is 6.99. The lowest BCUT2D eigenvalue weighted by molar-refractivity contribution is -0.119. The van der Waals surface area contributed by atoms with Gasteiger partial charge in [0.05, 0.1) is 0 Å². The van der Waals surface area contributed by atoms with Gasteiger partial charge in [0.2, 0.25) is 0 Å². The summed E-state index contributed by atoms with van der Waals surface area (Å²) in [4.78, 5) is 11.6. The largest absolute Gasteiger partial charge is 0.300 e.